The second-order valence-electron chi connectivity index (χ2n) is 10.3. The van der Waals surface area contributed by atoms with Gasteiger partial charge in [0.25, 0.3) is 0 Å². The van der Waals surface area contributed by atoms with Gasteiger partial charge in [-0.15, -0.1) is 0 Å². The van der Waals surface area contributed by atoms with Crippen LogP contribution in [0.3, 0.4) is 0 Å². The standard InChI is InChI=1S/C27H30ClFN4O3/c1-27(2,3)36-26(34)32-9-10-33-16(15-32)14-31(4)22-13-30-21-12-17(19(28)11-18(21)25(22)33)24-20(29)7-6-8-23(24)35-5/h6-8,11-13,16H,9-10,14-15H2,1-5H3/t16-/m0/s1. The van der Waals surface area contributed by atoms with Crippen LogP contribution in [0.5, 0.6) is 5.75 Å². The van der Waals surface area contributed by atoms with Gasteiger partial charge < -0.3 is 24.2 Å². The summed E-state index contributed by atoms with van der Waals surface area (Å²) in [7, 11) is 3.53. The third-order valence-corrected chi connectivity index (χ3v) is 7.00. The number of methoxy groups -OCH3 is 1. The monoisotopic (exact) mass is 512 g/mol. The summed E-state index contributed by atoms with van der Waals surface area (Å²) in [6.45, 7) is 8.14. The molecule has 0 N–H and O–H groups in total. The van der Waals surface area contributed by atoms with Crippen LogP contribution in [0.4, 0.5) is 20.6 Å². The van der Waals surface area contributed by atoms with Gasteiger partial charge in [-0.2, -0.15) is 0 Å². The molecule has 1 atom stereocenters. The Balaban J connectivity index is 1.55. The molecule has 0 radical (unpaired) electrons. The number of rotatable bonds is 2. The summed E-state index contributed by atoms with van der Waals surface area (Å²) in [6.07, 6.45) is 1.56. The van der Waals surface area contributed by atoms with Crippen molar-refractivity contribution >= 4 is 40.0 Å². The van der Waals surface area contributed by atoms with Crippen LogP contribution in [0.1, 0.15) is 20.8 Å². The first-order valence-electron chi connectivity index (χ1n) is 12.0. The van der Waals surface area contributed by atoms with Gasteiger partial charge in [0.15, 0.2) is 0 Å². The highest BCUT2D eigenvalue weighted by Crippen LogP contribution is 2.45. The molecule has 1 aromatic heterocycles. The van der Waals surface area contributed by atoms with Crippen molar-refractivity contribution in [2.45, 2.75) is 32.4 Å². The lowest BCUT2D eigenvalue weighted by Gasteiger charge is -2.49. The number of pyridine rings is 1. The summed E-state index contributed by atoms with van der Waals surface area (Å²) in [4.78, 5) is 23.7. The molecule has 0 bridgehead atoms. The molecule has 3 heterocycles. The minimum absolute atomic E-state index is 0.0829. The lowest BCUT2D eigenvalue weighted by Crippen LogP contribution is -2.60. The van der Waals surface area contributed by atoms with Gasteiger partial charge in [-0.1, -0.05) is 17.7 Å². The second kappa shape index (κ2) is 9.00. The molecule has 2 aromatic carbocycles. The van der Waals surface area contributed by atoms with E-state index in [1.165, 1.54) is 13.2 Å². The van der Waals surface area contributed by atoms with Crippen LogP contribution in [-0.4, -0.2) is 68.0 Å². The van der Waals surface area contributed by atoms with Crippen molar-refractivity contribution in [3.05, 3.63) is 47.4 Å². The van der Waals surface area contributed by atoms with Crippen LogP contribution in [-0.2, 0) is 4.74 Å². The van der Waals surface area contributed by atoms with Gasteiger partial charge in [-0.3, -0.25) is 4.98 Å². The van der Waals surface area contributed by atoms with E-state index in [0.29, 0.717) is 47.1 Å². The van der Waals surface area contributed by atoms with Crippen LogP contribution in [0, 0.1) is 5.82 Å². The number of amides is 1. The van der Waals surface area contributed by atoms with Gasteiger partial charge in [0, 0.05) is 49.2 Å². The number of nitrogens with zero attached hydrogens (tertiary/aromatic N) is 4. The fourth-order valence-corrected chi connectivity index (χ4v) is 5.37. The number of anilines is 2. The van der Waals surface area contributed by atoms with E-state index in [2.05, 4.69) is 9.80 Å². The number of carbonyl (C=O) groups is 1. The van der Waals surface area contributed by atoms with E-state index >= 15 is 0 Å². The summed E-state index contributed by atoms with van der Waals surface area (Å²) in [5.74, 6) is -0.00102. The molecule has 1 amide bonds. The molecule has 9 heteroatoms. The van der Waals surface area contributed by atoms with Gasteiger partial charge in [-0.05, 0) is 45.0 Å². The maximum Gasteiger partial charge on any atom is 0.410 e. The van der Waals surface area contributed by atoms with Crippen molar-refractivity contribution in [1.82, 2.24) is 9.88 Å². The van der Waals surface area contributed by atoms with Crippen molar-refractivity contribution in [1.29, 1.82) is 0 Å². The summed E-state index contributed by atoms with van der Waals surface area (Å²) in [5, 5.41) is 1.30. The topological polar surface area (TPSA) is 58.1 Å². The Morgan fingerprint density at radius 2 is 1.97 bits per heavy atom. The molecule has 2 aliphatic heterocycles. The first kappa shape index (κ1) is 24.4. The Morgan fingerprint density at radius 3 is 2.69 bits per heavy atom. The summed E-state index contributed by atoms with van der Waals surface area (Å²) in [5.41, 5.74) is 3.03. The smallest absolute Gasteiger partial charge is 0.410 e. The predicted octanol–water partition coefficient (Wildman–Crippen LogP) is 5.58. The molecular formula is C27H30ClFN4O3. The maximum atomic E-state index is 14.8. The first-order valence-corrected chi connectivity index (χ1v) is 12.4. The number of benzene rings is 2. The number of aromatic nitrogens is 1. The van der Waals surface area contributed by atoms with Crippen LogP contribution >= 0.6 is 11.6 Å². The van der Waals surface area contributed by atoms with Crippen molar-refractivity contribution in [2.24, 2.45) is 0 Å². The zero-order valence-corrected chi connectivity index (χ0v) is 21.9. The number of likely N-dealkylation sites (N-methyl/N-ethyl adjacent to an activating group) is 1. The Bertz CT molecular complexity index is 1340. The summed E-state index contributed by atoms with van der Waals surface area (Å²) >= 11 is 6.77. The number of fused-ring (bicyclic) bond motifs is 5. The van der Waals surface area contributed by atoms with Gasteiger partial charge in [-0.25, -0.2) is 9.18 Å². The summed E-state index contributed by atoms with van der Waals surface area (Å²) in [6, 6.07) is 8.47. The zero-order valence-electron chi connectivity index (χ0n) is 21.1. The van der Waals surface area contributed by atoms with E-state index in [9.17, 15) is 9.18 Å². The fraction of sp³-hybridized carbons (Fsp3) is 0.407. The van der Waals surface area contributed by atoms with Gasteiger partial charge in [0.05, 0.1) is 41.8 Å². The largest absolute Gasteiger partial charge is 0.496 e. The van der Waals surface area contributed by atoms with Crippen molar-refractivity contribution in [3.8, 4) is 16.9 Å². The zero-order chi connectivity index (χ0) is 25.8. The molecule has 2 aliphatic rings. The molecule has 0 spiro atoms. The third-order valence-electron chi connectivity index (χ3n) is 6.69. The number of carbonyl (C=O) groups excluding carboxylic acids is 1. The Labute approximate surface area is 215 Å². The average molecular weight is 513 g/mol. The molecule has 0 saturated carbocycles. The molecule has 190 valence electrons. The van der Waals surface area contributed by atoms with Crippen molar-refractivity contribution in [3.63, 3.8) is 0 Å². The normalized spacial score (nSPS) is 17.6. The van der Waals surface area contributed by atoms with Gasteiger partial charge in [0.1, 0.15) is 17.2 Å². The molecule has 5 rings (SSSR count). The number of halogens is 2. The van der Waals surface area contributed by atoms with E-state index in [4.69, 9.17) is 26.1 Å². The van der Waals surface area contributed by atoms with Crippen LogP contribution in [0.2, 0.25) is 5.02 Å². The highest BCUT2D eigenvalue weighted by molar-refractivity contribution is 6.34. The highest BCUT2D eigenvalue weighted by Gasteiger charge is 2.38. The molecule has 0 unspecified atom stereocenters. The van der Waals surface area contributed by atoms with E-state index in [1.54, 1.807) is 17.0 Å². The molecule has 3 aromatic rings. The van der Waals surface area contributed by atoms with Crippen LogP contribution in [0.25, 0.3) is 22.0 Å². The lowest BCUT2D eigenvalue weighted by molar-refractivity contribution is 0.0215. The number of hydrogen-bond donors (Lipinski definition) is 0. The van der Waals surface area contributed by atoms with E-state index in [1.807, 2.05) is 46.1 Å². The van der Waals surface area contributed by atoms with Crippen molar-refractivity contribution in [2.75, 3.05) is 50.1 Å². The van der Waals surface area contributed by atoms with Gasteiger partial charge >= 0.3 is 6.09 Å². The predicted molar refractivity (Wildman–Crippen MR) is 141 cm³/mol. The molecule has 7 nitrogen and oxygen atoms in total. The first-order chi connectivity index (χ1) is 17.1. The van der Waals surface area contributed by atoms with Gasteiger partial charge in [0.2, 0.25) is 0 Å². The van der Waals surface area contributed by atoms with E-state index < -0.39 is 11.4 Å². The second-order valence-corrected chi connectivity index (χ2v) is 10.7. The Morgan fingerprint density at radius 1 is 1.19 bits per heavy atom. The Kier molecular flexibility index (Phi) is 6.11. The van der Waals surface area contributed by atoms with E-state index in [0.717, 1.165) is 23.3 Å². The molecular weight excluding hydrogens is 483 g/mol. The average Bonchev–Trinajstić information content (AvgIpc) is 2.82. The third kappa shape index (κ3) is 4.28. The molecule has 36 heavy (non-hydrogen) atoms. The quantitative estimate of drug-likeness (QED) is 0.447. The van der Waals surface area contributed by atoms with Crippen LogP contribution in [0.15, 0.2) is 36.5 Å². The maximum absolute atomic E-state index is 14.8. The lowest BCUT2D eigenvalue weighted by atomic mass is 9.98. The van der Waals surface area contributed by atoms with Crippen molar-refractivity contribution < 1.29 is 18.7 Å². The minimum atomic E-state index is -0.540. The van der Waals surface area contributed by atoms with E-state index in [-0.39, 0.29) is 12.1 Å². The Hall–Kier alpha value is -3.26. The number of piperazine rings is 1. The fourth-order valence-electron chi connectivity index (χ4n) is 5.11. The molecule has 0 aliphatic carbocycles. The number of hydrogen-bond acceptors (Lipinski definition) is 6. The molecule has 1 fully saturated rings. The highest BCUT2D eigenvalue weighted by atomic mass is 35.5. The SMILES string of the molecule is COc1cccc(F)c1-c1cc2ncc3c(c2cc1Cl)N1CCN(C(=O)OC(C)(C)C)C[C@@H]1CN3C. The summed E-state index contributed by atoms with van der Waals surface area (Å²) < 4.78 is 25.9. The minimum Gasteiger partial charge on any atom is -0.496 e. The molecule has 1 saturated heterocycles. The van der Waals surface area contributed by atoms with Crippen LogP contribution < -0.4 is 14.5 Å². The number of ether oxygens (including phenoxy) is 2.